The number of aryl methyl sites for hydroxylation is 1. The standard InChI is InChI=1S/C11H17BrN2O2/c1-9-7-11(13-8-10(9)12)14(3-5-15)4-6-16-2/h7-8,15H,3-6H2,1-2H3. The number of rotatable bonds is 6. The molecule has 1 N–H and O–H groups in total. The molecule has 0 aliphatic rings. The van der Waals surface area contributed by atoms with Crippen molar-refractivity contribution in [3.63, 3.8) is 0 Å². The van der Waals surface area contributed by atoms with Gasteiger partial charge in [-0.25, -0.2) is 4.98 Å². The molecule has 5 heteroatoms. The normalized spacial score (nSPS) is 10.5. The molecule has 1 heterocycles. The Morgan fingerprint density at radius 2 is 2.25 bits per heavy atom. The smallest absolute Gasteiger partial charge is 0.128 e. The lowest BCUT2D eigenvalue weighted by Crippen LogP contribution is -2.30. The van der Waals surface area contributed by atoms with Crippen LogP contribution in [0, 0.1) is 6.92 Å². The van der Waals surface area contributed by atoms with Crippen LogP contribution < -0.4 is 4.90 Å². The second-order valence-electron chi connectivity index (χ2n) is 3.50. The van der Waals surface area contributed by atoms with Crippen LogP contribution in [0.5, 0.6) is 0 Å². The maximum absolute atomic E-state index is 9.00. The second-order valence-corrected chi connectivity index (χ2v) is 4.35. The summed E-state index contributed by atoms with van der Waals surface area (Å²) < 4.78 is 6.03. The van der Waals surface area contributed by atoms with E-state index in [4.69, 9.17) is 9.84 Å². The maximum Gasteiger partial charge on any atom is 0.128 e. The van der Waals surface area contributed by atoms with E-state index in [0.717, 1.165) is 22.4 Å². The van der Waals surface area contributed by atoms with E-state index in [-0.39, 0.29) is 6.61 Å². The Labute approximate surface area is 104 Å². The molecule has 16 heavy (non-hydrogen) atoms. The van der Waals surface area contributed by atoms with E-state index in [1.54, 1.807) is 13.3 Å². The van der Waals surface area contributed by atoms with Crippen LogP contribution >= 0.6 is 15.9 Å². The van der Waals surface area contributed by atoms with Gasteiger partial charge in [0.1, 0.15) is 5.82 Å². The number of aliphatic hydroxyl groups is 1. The molecule has 0 bridgehead atoms. The zero-order valence-electron chi connectivity index (χ0n) is 9.61. The van der Waals surface area contributed by atoms with Crippen molar-refractivity contribution in [3.05, 3.63) is 22.3 Å². The van der Waals surface area contributed by atoms with E-state index in [2.05, 4.69) is 20.9 Å². The van der Waals surface area contributed by atoms with Crippen LogP contribution in [0.25, 0.3) is 0 Å². The summed E-state index contributed by atoms with van der Waals surface area (Å²) in [5.74, 6) is 0.867. The van der Waals surface area contributed by atoms with Gasteiger partial charge in [0, 0.05) is 30.9 Å². The molecule has 0 aromatic carbocycles. The van der Waals surface area contributed by atoms with Crippen LogP contribution in [0.3, 0.4) is 0 Å². The van der Waals surface area contributed by atoms with Crippen molar-refractivity contribution in [1.29, 1.82) is 0 Å². The SMILES string of the molecule is COCCN(CCO)c1cc(C)c(Br)cn1. The minimum absolute atomic E-state index is 0.112. The Balaban J connectivity index is 2.78. The molecule has 0 unspecified atom stereocenters. The van der Waals surface area contributed by atoms with E-state index >= 15 is 0 Å². The molecule has 0 saturated heterocycles. The van der Waals surface area contributed by atoms with E-state index in [0.29, 0.717) is 13.2 Å². The molecule has 0 fully saturated rings. The number of aliphatic hydroxyl groups excluding tert-OH is 1. The van der Waals surface area contributed by atoms with Gasteiger partial charge in [0.15, 0.2) is 0 Å². The summed E-state index contributed by atoms with van der Waals surface area (Å²) in [5.41, 5.74) is 1.13. The summed E-state index contributed by atoms with van der Waals surface area (Å²) in [4.78, 5) is 6.33. The number of hydrogen-bond acceptors (Lipinski definition) is 4. The molecule has 0 atom stereocenters. The van der Waals surface area contributed by atoms with Crippen molar-refractivity contribution in [2.24, 2.45) is 0 Å². The average molecular weight is 289 g/mol. The lowest BCUT2D eigenvalue weighted by Gasteiger charge is -2.22. The number of aromatic nitrogens is 1. The number of nitrogens with zero attached hydrogens (tertiary/aromatic N) is 2. The molecule has 1 aromatic rings. The van der Waals surface area contributed by atoms with Gasteiger partial charge >= 0.3 is 0 Å². The summed E-state index contributed by atoms with van der Waals surface area (Å²) in [7, 11) is 1.66. The van der Waals surface area contributed by atoms with Crippen LogP contribution in [-0.2, 0) is 4.74 Å². The Morgan fingerprint density at radius 1 is 1.50 bits per heavy atom. The van der Waals surface area contributed by atoms with Gasteiger partial charge in [0.25, 0.3) is 0 Å². The first-order valence-electron chi connectivity index (χ1n) is 5.16. The molecule has 0 aliphatic heterocycles. The van der Waals surface area contributed by atoms with Gasteiger partial charge in [-0.2, -0.15) is 0 Å². The Morgan fingerprint density at radius 3 is 2.81 bits per heavy atom. The maximum atomic E-state index is 9.00. The number of hydrogen-bond donors (Lipinski definition) is 1. The summed E-state index contributed by atoms with van der Waals surface area (Å²) in [6, 6.07) is 2.00. The van der Waals surface area contributed by atoms with Gasteiger partial charge in [0.2, 0.25) is 0 Å². The van der Waals surface area contributed by atoms with E-state index in [9.17, 15) is 0 Å². The van der Waals surface area contributed by atoms with Crippen molar-refractivity contribution < 1.29 is 9.84 Å². The predicted molar refractivity (Wildman–Crippen MR) is 67.8 cm³/mol. The topological polar surface area (TPSA) is 45.6 Å². The third-order valence-corrected chi connectivity index (χ3v) is 3.12. The average Bonchev–Trinajstić information content (AvgIpc) is 2.28. The molecule has 0 aliphatic carbocycles. The summed E-state index contributed by atoms with van der Waals surface area (Å²) >= 11 is 3.42. The first kappa shape index (κ1) is 13.4. The van der Waals surface area contributed by atoms with Gasteiger partial charge < -0.3 is 14.7 Å². The highest BCUT2D eigenvalue weighted by Crippen LogP contribution is 2.19. The number of ether oxygens (including phenoxy) is 1. The third kappa shape index (κ3) is 3.73. The van der Waals surface area contributed by atoms with Gasteiger partial charge in [-0.15, -0.1) is 0 Å². The van der Waals surface area contributed by atoms with Crippen LogP contribution in [0.2, 0.25) is 0 Å². The number of halogens is 1. The fraction of sp³-hybridized carbons (Fsp3) is 0.545. The summed E-state index contributed by atoms with van der Waals surface area (Å²) in [6.07, 6.45) is 1.78. The lowest BCUT2D eigenvalue weighted by molar-refractivity contribution is 0.202. The molecule has 1 rings (SSSR count). The highest BCUT2D eigenvalue weighted by molar-refractivity contribution is 9.10. The summed E-state index contributed by atoms with van der Waals surface area (Å²) in [6.45, 7) is 4.04. The van der Waals surface area contributed by atoms with Gasteiger partial charge in [0.05, 0.1) is 13.2 Å². The second kappa shape index (κ2) is 6.83. The highest BCUT2D eigenvalue weighted by atomic mass is 79.9. The third-order valence-electron chi connectivity index (χ3n) is 2.29. The Hall–Kier alpha value is -0.650. The van der Waals surface area contributed by atoms with Crippen LogP contribution in [0.1, 0.15) is 5.56 Å². The zero-order chi connectivity index (χ0) is 12.0. The van der Waals surface area contributed by atoms with Crippen molar-refractivity contribution in [2.75, 3.05) is 38.3 Å². The van der Waals surface area contributed by atoms with Crippen LogP contribution in [-0.4, -0.2) is 43.5 Å². The molecular formula is C11H17BrN2O2. The largest absolute Gasteiger partial charge is 0.395 e. The quantitative estimate of drug-likeness (QED) is 0.864. The number of pyridine rings is 1. The highest BCUT2D eigenvalue weighted by Gasteiger charge is 2.08. The number of methoxy groups -OCH3 is 1. The molecule has 0 spiro atoms. The van der Waals surface area contributed by atoms with Crippen LogP contribution in [0.4, 0.5) is 5.82 Å². The van der Waals surface area contributed by atoms with E-state index in [1.165, 1.54) is 0 Å². The predicted octanol–water partition coefficient (Wildman–Crippen LogP) is 1.60. The van der Waals surface area contributed by atoms with Crippen molar-refractivity contribution >= 4 is 21.7 Å². The monoisotopic (exact) mass is 288 g/mol. The molecule has 1 aromatic heterocycles. The molecule has 0 saturated carbocycles. The molecular weight excluding hydrogens is 272 g/mol. The Bertz CT molecular complexity index is 334. The summed E-state index contributed by atoms with van der Waals surface area (Å²) in [5, 5.41) is 9.00. The number of anilines is 1. The van der Waals surface area contributed by atoms with Crippen molar-refractivity contribution in [2.45, 2.75) is 6.92 Å². The molecule has 0 amide bonds. The lowest BCUT2D eigenvalue weighted by atomic mass is 10.3. The Kier molecular flexibility index (Phi) is 5.73. The van der Waals surface area contributed by atoms with Gasteiger partial charge in [-0.05, 0) is 34.5 Å². The van der Waals surface area contributed by atoms with Gasteiger partial charge in [-0.3, -0.25) is 0 Å². The minimum atomic E-state index is 0.112. The van der Waals surface area contributed by atoms with Crippen molar-refractivity contribution in [3.8, 4) is 0 Å². The van der Waals surface area contributed by atoms with E-state index in [1.807, 2.05) is 17.9 Å². The fourth-order valence-corrected chi connectivity index (χ4v) is 1.58. The minimum Gasteiger partial charge on any atom is -0.395 e. The first-order chi connectivity index (χ1) is 7.69. The fourth-order valence-electron chi connectivity index (χ4n) is 1.36. The molecule has 4 nitrogen and oxygen atoms in total. The molecule has 90 valence electrons. The van der Waals surface area contributed by atoms with Gasteiger partial charge in [-0.1, -0.05) is 0 Å². The zero-order valence-corrected chi connectivity index (χ0v) is 11.2. The van der Waals surface area contributed by atoms with Crippen LogP contribution in [0.15, 0.2) is 16.7 Å². The first-order valence-corrected chi connectivity index (χ1v) is 5.95. The van der Waals surface area contributed by atoms with E-state index < -0.39 is 0 Å². The molecule has 0 radical (unpaired) electrons. The van der Waals surface area contributed by atoms with Crippen molar-refractivity contribution in [1.82, 2.24) is 4.98 Å².